The molecule has 0 unspecified atom stereocenters. The average molecular weight is 660 g/mol. The molecule has 0 aliphatic carbocycles. The van der Waals surface area contributed by atoms with Crippen LogP contribution in [-0.4, -0.2) is 43.8 Å². The zero-order valence-corrected chi connectivity index (χ0v) is 28.6. The fourth-order valence-corrected chi connectivity index (χ4v) is 6.87. The van der Waals surface area contributed by atoms with Crippen LogP contribution in [0, 0.1) is 20.8 Å². The van der Waals surface area contributed by atoms with E-state index in [0.717, 1.165) is 27.8 Å². The maximum Gasteiger partial charge on any atom is 0.264 e. The van der Waals surface area contributed by atoms with Crippen molar-refractivity contribution in [1.29, 1.82) is 0 Å². The number of amides is 2. The van der Waals surface area contributed by atoms with E-state index in [2.05, 4.69) is 5.32 Å². The second-order valence-electron chi connectivity index (χ2n) is 11.7. The molecule has 0 aromatic heterocycles. The lowest BCUT2D eigenvalue weighted by Gasteiger charge is -2.34. The van der Waals surface area contributed by atoms with Crippen LogP contribution in [0.5, 0.6) is 0 Å². The van der Waals surface area contributed by atoms with E-state index in [1.807, 2.05) is 77.1 Å². The molecule has 0 saturated heterocycles. The molecule has 2 atom stereocenters. The van der Waals surface area contributed by atoms with Crippen LogP contribution in [0.2, 0.25) is 5.02 Å². The molecule has 0 bridgehead atoms. The number of nitrogens with one attached hydrogen (secondary N) is 1. The molecule has 0 aliphatic rings. The molecule has 46 heavy (non-hydrogen) atoms. The number of carbonyl (C=O) groups excluding carboxylic acids is 2. The molecule has 0 saturated carbocycles. The number of anilines is 1. The van der Waals surface area contributed by atoms with Crippen molar-refractivity contribution in [2.75, 3.05) is 10.8 Å². The number of nitrogens with zero attached hydrogens (tertiary/aromatic N) is 2. The van der Waals surface area contributed by atoms with Crippen molar-refractivity contribution in [1.82, 2.24) is 10.2 Å². The zero-order chi connectivity index (χ0) is 33.4. The van der Waals surface area contributed by atoms with Gasteiger partial charge in [0.15, 0.2) is 0 Å². The van der Waals surface area contributed by atoms with Crippen LogP contribution in [0.4, 0.5) is 5.69 Å². The molecule has 9 heteroatoms. The highest BCUT2D eigenvalue weighted by molar-refractivity contribution is 7.92. The van der Waals surface area contributed by atoms with Gasteiger partial charge in [0.2, 0.25) is 11.8 Å². The Balaban J connectivity index is 1.84. The van der Waals surface area contributed by atoms with Crippen molar-refractivity contribution >= 4 is 39.1 Å². The summed E-state index contributed by atoms with van der Waals surface area (Å²) in [6.45, 7) is 9.06. The van der Waals surface area contributed by atoms with Crippen LogP contribution >= 0.6 is 11.6 Å². The van der Waals surface area contributed by atoms with Gasteiger partial charge in [-0.15, -0.1) is 0 Å². The lowest BCUT2D eigenvalue weighted by atomic mass is 10.0. The van der Waals surface area contributed by atoms with Gasteiger partial charge < -0.3 is 10.2 Å². The van der Waals surface area contributed by atoms with E-state index in [1.54, 1.807) is 54.6 Å². The molecule has 0 fully saturated rings. The zero-order valence-electron chi connectivity index (χ0n) is 27.0. The number of aryl methyl sites for hydroxylation is 2. The summed E-state index contributed by atoms with van der Waals surface area (Å²) in [6.07, 6.45) is 0.949. The number of rotatable bonds is 13. The van der Waals surface area contributed by atoms with Crippen LogP contribution in [0.15, 0.2) is 102 Å². The lowest BCUT2D eigenvalue weighted by molar-refractivity contribution is -0.140. The molecule has 0 spiro atoms. The monoisotopic (exact) mass is 659 g/mol. The molecule has 0 heterocycles. The quantitative estimate of drug-likeness (QED) is 0.167. The van der Waals surface area contributed by atoms with Crippen molar-refractivity contribution < 1.29 is 18.0 Å². The minimum absolute atomic E-state index is 0.0516. The van der Waals surface area contributed by atoms with Crippen LogP contribution in [0.25, 0.3) is 0 Å². The van der Waals surface area contributed by atoms with Crippen molar-refractivity contribution in [2.45, 2.75) is 71.0 Å². The minimum atomic E-state index is -4.18. The number of carbonyl (C=O) groups is 2. The van der Waals surface area contributed by atoms with Gasteiger partial charge in [0, 0.05) is 24.0 Å². The first-order valence-electron chi connectivity index (χ1n) is 15.4. The predicted octanol–water partition coefficient (Wildman–Crippen LogP) is 7.02. The molecule has 0 radical (unpaired) electrons. The van der Waals surface area contributed by atoms with Gasteiger partial charge in [-0.2, -0.15) is 0 Å². The van der Waals surface area contributed by atoms with Gasteiger partial charge in [-0.3, -0.25) is 13.9 Å². The van der Waals surface area contributed by atoms with Crippen LogP contribution in [0.1, 0.15) is 48.1 Å². The fourth-order valence-electron chi connectivity index (χ4n) is 5.18. The predicted molar refractivity (Wildman–Crippen MR) is 185 cm³/mol. The Labute approximate surface area is 278 Å². The summed E-state index contributed by atoms with van der Waals surface area (Å²) in [5, 5.41) is 3.55. The third kappa shape index (κ3) is 8.56. The average Bonchev–Trinajstić information content (AvgIpc) is 3.03. The highest BCUT2D eigenvalue weighted by Crippen LogP contribution is 2.29. The Hall–Kier alpha value is -4.14. The van der Waals surface area contributed by atoms with Crippen LogP contribution < -0.4 is 9.62 Å². The van der Waals surface area contributed by atoms with E-state index >= 15 is 0 Å². The number of halogens is 1. The van der Waals surface area contributed by atoms with Gasteiger partial charge in [0.1, 0.15) is 12.6 Å². The SMILES string of the molecule is CC[C@@H](C)NC(=O)[C@@H](Cc1ccccc1)N(Cc1cccc(Cl)c1)C(=O)CN(c1cccc(C)c1C)S(=O)(=O)c1ccc(C)cc1. The first-order chi connectivity index (χ1) is 21.9. The molecule has 0 aliphatic heterocycles. The van der Waals surface area contributed by atoms with E-state index in [9.17, 15) is 18.0 Å². The largest absolute Gasteiger partial charge is 0.352 e. The molecular formula is C37H42ClN3O4S. The molecule has 4 rings (SSSR count). The molecule has 2 amide bonds. The summed E-state index contributed by atoms with van der Waals surface area (Å²) in [6, 6.07) is 27.5. The molecule has 7 nitrogen and oxygen atoms in total. The summed E-state index contributed by atoms with van der Waals surface area (Å²) < 4.78 is 29.8. The fraction of sp³-hybridized carbons (Fsp3) is 0.297. The summed E-state index contributed by atoms with van der Waals surface area (Å²) in [7, 11) is -4.18. The van der Waals surface area contributed by atoms with Crippen molar-refractivity contribution in [2.24, 2.45) is 0 Å². The van der Waals surface area contributed by atoms with Crippen molar-refractivity contribution in [3.05, 3.63) is 130 Å². The topological polar surface area (TPSA) is 86.8 Å². The van der Waals surface area contributed by atoms with Gasteiger partial charge in [-0.05, 0) is 86.7 Å². The summed E-state index contributed by atoms with van der Waals surface area (Å²) in [5.41, 5.74) is 4.53. The molecular weight excluding hydrogens is 618 g/mol. The van der Waals surface area contributed by atoms with Crippen molar-refractivity contribution in [3.8, 4) is 0 Å². The van der Waals surface area contributed by atoms with Gasteiger partial charge in [-0.25, -0.2) is 8.42 Å². The van der Waals surface area contributed by atoms with E-state index in [4.69, 9.17) is 11.6 Å². The maximum atomic E-state index is 14.6. The normalized spacial score (nSPS) is 12.7. The second kappa shape index (κ2) is 15.4. The van der Waals surface area contributed by atoms with E-state index in [0.29, 0.717) is 17.1 Å². The van der Waals surface area contributed by atoms with E-state index < -0.39 is 28.5 Å². The number of benzene rings is 4. The van der Waals surface area contributed by atoms with Crippen molar-refractivity contribution in [3.63, 3.8) is 0 Å². The third-order valence-corrected chi connectivity index (χ3v) is 10.3. The summed E-state index contributed by atoms with van der Waals surface area (Å²) >= 11 is 6.33. The smallest absolute Gasteiger partial charge is 0.264 e. The Morgan fingerprint density at radius 1 is 0.848 bits per heavy atom. The number of hydrogen-bond acceptors (Lipinski definition) is 4. The second-order valence-corrected chi connectivity index (χ2v) is 14.0. The Morgan fingerprint density at radius 2 is 1.50 bits per heavy atom. The summed E-state index contributed by atoms with van der Waals surface area (Å²) in [5.74, 6) is -0.829. The number of sulfonamides is 1. The molecule has 1 N–H and O–H groups in total. The lowest BCUT2D eigenvalue weighted by Crippen LogP contribution is -2.54. The van der Waals surface area contributed by atoms with Gasteiger partial charge in [0.25, 0.3) is 10.0 Å². The Bertz CT molecular complexity index is 1760. The highest BCUT2D eigenvalue weighted by Gasteiger charge is 2.35. The van der Waals surface area contributed by atoms with E-state index in [1.165, 1.54) is 9.21 Å². The number of hydrogen-bond donors (Lipinski definition) is 1. The highest BCUT2D eigenvalue weighted by atomic mass is 35.5. The molecule has 4 aromatic rings. The van der Waals surface area contributed by atoms with Gasteiger partial charge >= 0.3 is 0 Å². The first kappa shape index (κ1) is 34.7. The Kier molecular flexibility index (Phi) is 11.7. The molecule has 4 aromatic carbocycles. The first-order valence-corrected chi connectivity index (χ1v) is 17.3. The van der Waals surface area contributed by atoms with Crippen LogP contribution in [-0.2, 0) is 32.6 Å². The summed E-state index contributed by atoms with van der Waals surface area (Å²) in [4.78, 5) is 30.2. The van der Waals surface area contributed by atoms with Gasteiger partial charge in [-0.1, -0.05) is 90.8 Å². The van der Waals surface area contributed by atoms with Gasteiger partial charge in [0.05, 0.1) is 10.6 Å². The van der Waals surface area contributed by atoms with Crippen LogP contribution in [0.3, 0.4) is 0 Å². The third-order valence-electron chi connectivity index (χ3n) is 8.25. The maximum absolute atomic E-state index is 14.6. The minimum Gasteiger partial charge on any atom is -0.352 e. The van der Waals surface area contributed by atoms with E-state index in [-0.39, 0.29) is 29.8 Å². The standard InChI is InChI=1S/C37H42ClN3O4S/c1-6-28(4)39-37(43)35(23-30-13-8-7-9-14-30)40(24-31-15-11-16-32(38)22-31)36(42)25-41(34-17-10-12-27(3)29(34)5)46(44,45)33-20-18-26(2)19-21-33/h7-22,28,35H,6,23-25H2,1-5H3,(H,39,43)/t28-,35-/m1/s1. The molecule has 242 valence electrons. The Morgan fingerprint density at radius 3 is 2.15 bits per heavy atom.